The van der Waals surface area contributed by atoms with E-state index in [-0.39, 0.29) is 23.0 Å². The Morgan fingerprint density at radius 3 is 2.78 bits per heavy atom. The summed E-state index contributed by atoms with van der Waals surface area (Å²) >= 11 is 0. The van der Waals surface area contributed by atoms with E-state index >= 15 is 0 Å². The van der Waals surface area contributed by atoms with Gasteiger partial charge in [0.25, 0.3) is 6.43 Å². The first-order valence-electron chi connectivity index (χ1n) is 8.08. The molecule has 4 aromatic rings. The average molecular weight is 373 g/mol. The first-order valence-corrected chi connectivity index (χ1v) is 8.08. The second-order valence-electron chi connectivity index (χ2n) is 5.83. The molecule has 0 saturated carbocycles. The number of rotatable bonds is 5. The van der Waals surface area contributed by atoms with Crippen molar-refractivity contribution < 1.29 is 17.9 Å². The molecule has 27 heavy (non-hydrogen) atoms. The maximum Gasteiger partial charge on any atom is 0.303 e. The van der Waals surface area contributed by atoms with Crippen LogP contribution in [0.4, 0.5) is 13.2 Å². The number of imidazole rings is 1. The third kappa shape index (κ3) is 3.23. The van der Waals surface area contributed by atoms with Gasteiger partial charge in [-0.05, 0) is 30.3 Å². The van der Waals surface area contributed by atoms with Crippen LogP contribution in [0, 0.1) is 5.82 Å². The number of fused-ring (bicyclic) bond motifs is 1. The largest absolute Gasteiger partial charge is 0.425 e. The fourth-order valence-corrected chi connectivity index (χ4v) is 2.77. The normalized spacial score (nSPS) is 11.4. The van der Waals surface area contributed by atoms with Crippen molar-refractivity contribution in [3.05, 3.63) is 54.6 Å². The van der Waals surface area contributed by atoms with Crippen LogP contribution in [0.2, 0.25) is 0 Å². The minimum Gasteiger partial charge on any atom is -0.425 e. The molecule has 3 heterocycles. The quantitative estimate of drug-likeness (QED) is 0.530. The molecule has 1 aromatic carbocycles. The zero-order chi connectivity index (χ0) is 19.0. The Bertz CT molecular complexity index is 1110. The minimum absolute atomic E-state index is 0.0746. The van der Waals surface area contributed by atoms with E-state index in [0.717, 1.165) is 4.68 Å². The lowest BCUT2D eigenvalue weighted by Gasteiger charge is -2.10. The van der Waals surface area contributed by atoms with Crippen LogP contribution in [0.25, 0.3) is 22.4 Å². The molecule has 3 aromatic heterocycles. The van der Waals surface area contributed by atoms with Crippen molar-refractivity contribution in [2.75, 3.05) is 0 Å². The number of pyridine rings is 1. The fourth-order valence-electron chi connectivity index (χ4n) is 2.77. The first-order chi connectivity index (χ1) is 13.0. The molecule has 0 atom stereocenters. The number of ether oxygens (including phenoxy) is 1. The van der Waals surface area contributed by atoms with Crippen LogP contribution in [0.5, 0.6) is 11.8 Å². The first kappa shape index (κ1) is 17.1. The maximum atomic E-state index is 14.5. The highest BCUT2D eigenvalue weighted by Gasteiger charge is 2.19. The smallest absolute Gasteiger partial charge is 0.303 e. The molecule has 0 spiro atoms. The summed E-state index contributed by atoms with van der Waals surface area (Å²) in [7, 11) is 1.73. The Balaban J connectivity index is 1.74. The third-order valence-corrected chi connectivity index (χ3v) is 3.99. The molecule has 0 aliphatic carbocycles. The van der Waals surface area contributed by atoms with Crippen LogP contribution in [0.3, 0.4) is 0 Å². The maximum absolute atomic E-state index is 14.5. The molecule has 6 nitrogen and oxygen atoms in total. The van der Waals surface area contributed by atoms with Crippen molar-refractivity contribution in [1.82, 2.24) is 24.3 Å². The van der Waals surface area contributed by atoms with Gasteiger partial charge in [0, 0.05) is 19.4 Å². The molecule has 0 N–H and O–H groups in total. The molecule has 0 unspecified atom stereocenters. The zero-order valence-corrected chi connectivity index (χ0v) is 14.2. The SMILES string of the molecule is Cn1c(Oc2cccc(F)c2-c2ccn(CC(F)F)n2)nc2cccnc21. The van der Waals surface area contributed by atoms with E-state index < -0.39 is 18.8 Å². The van der Waals surface area contributed by atoms with Crippen LogP contribution in [0.15, 0.2) is 48.8 Å². The lowest BCUT2D eigenvalue weighted by molar-refractivity contribution is 0.122. The second-order valence-corrected chi connectivity index (χ2v) is 5.83. The summed E-state index contributed by atoms with van der Waals surface area (Å²) in [6.45, 7) is -0.568. The Morgan fingerprint density at radius 1 is 1.15 bits per heavy atom. The van der Waals surface area contributed by atoms with E-state index in [4.69, 9.17) is 4.74 Å². The Hall–Kier alpha value is -3.36. The van der Waals surface area contributed by atoms with Crippen LogP contribution in [-0.4, -0.2) is 30.7 Å². The monoisotopic (exact) mass is 373 g/mol. The molecule has 0 fully saturated rings. The van der Waals surface area contributed by atoms with Crippen LogP contribution < -0.4 is 4.74 Å². The van der Waals surface area contributed by atoms with Gasteiger partial charge in [-0.25, -0.2) is 18.2 Å². The number of hydrogen-bond acceptors (Lipinski definition) is 4. The third-order valence-electron chi connectivity index (χ3n) is 3.99. The highest BCUT2D eigenvalue weighted by Crippen LogP contribution is 2.35. The van der Waals surface area contributed by atoms with Gasteiger partial charge in [-0.2, -0.15) is 10.1 Å². The lowest BCUT2D eigenvalue weighted by atomic mass is 10.1. The van der Waals surface area contributed by atoms with Crippen molar-refractivity contribution in [3.63, 3.8) is 0 Å². The highest BCUT2D eigenvalue weighted by molar-refractivity contribution is 5.72. The molecule has 0 radical (unpaired) electrons. The van der Waals surface area contributed by atoms with E-state index in [1.807, 2.05) is 0 Å². The van der Waals surface area contributed by atoms with Gasteiger partial charge in [-0.15, -0.1) is 0 Å². The Kier molecular flexibility index (Phi) is 4.27. The van der Waals surface area contributed by atoms with E-state index in [0.29, 0.717) is 11.2 Å². The van der Waals surface area contributed by atoms with Crippen LogP contribution in [-0.2, 0) is 13.6 Å². The van der Waals surface area contributed by atoms with E-state index in [2.05, 4.69) is 15.1 Å². The van der Waals surface area contributed by atoms with E-state index in [1.165, 1.54) is 24.4 Å². The number of alkyl halides is 2. The van der Waals surface area contributed by atoms with Gasteiger partial charge in [0.2, 0.25) is 0 Å². The van der Waals surface area contributed by atoms with Gasteiger partial charge in [0.1, 0.15) is 23.6 Å². The van der Waals surface area contributed by atoms with Crippen LogP contribution >= 0.6 is 0 Å². The van der Waals surface area contributed by atoms with Gasteiger partial charge in [-0.3, -0.25) is 9.25 Å². The van der Waals surface area contributed by atoms with Crippen molar-refractivity contribution >= 4 is 11.2 Å². The number of hydrogen-bond donors (Lipinski definition) is 0. The minimum atomic E-state index is -2.55. The predicted octanol–water partition coefficient (Wildman–Crippen LogP) is 4.03. The zero-order valence-electron chi connectivity index (χ0n) is 14.2. The summed E-state index contributed by atoms with van der Waals surface area (Å²) < 4.78 is 48.1. The molecule has 4 rings (SSSR count). The summed E-state index contributed by atoms with van der Waals surface area (Å²) in [4.78, 5) is 8.58. The summed E-state index contributed by atoms with van der Waals surface area (Å²) in [6, 6.07) is 9.54. The van der Waals surface area contributed by atoms with Crippen molar-refractivity contribution in [2.24, 2.45) is 7.05 Å². The van der Waals surface area contributed by atoms with Crippen molar-refractivity contribution in [2.45, 2.75) is 13.0 Å². The lowest BCUT2D eigenvalue weighted by Crippen LogP contribution is -2.07. The van der Waals surface area contributed by atoms with E-state index in [1.54, 1.807) is 36.0 Å². The molecule has 0 amide bonds. The van der Waals surface area contributed by atoms with Gasteiger partial charge >= 0.3 is 6.01 Å². The summed E-state index contributed by atoms with van der Waals surface area (Å²) in [6.07, 6.45) is 0.454. The molecular weight excluding hydrogens is 359 g/mol. The summed E-state index contributed by atoms with van der Waals surface area (Å²) in [5.74, 6) is -0.401. The van der Waals surface area contributed by atoms with Crippen molar-refractivity contribution in [3.8, 4) is 23.0 Å². The molecule has 0 saturated heterocycles. The number of benzene rings is 1. The van der Waals surface area contributed by atoms with Gasteiger partial charge < -0.3 is 4.74 Å². The molecule has 0 aliphatic heterocycles. The van der Waals surface area contributed by atoms with Gasteiger partial charge in [0.05, 0.1) is 11.3 Å². The van der Waals surface area contributed by atoms with Crippen LogP contribution in [0.1, 0.15) is 0 Å². The van der Waals surface area contributed by atoms with E-state index in [9.17, 15) is 13.2 Å². The molecule has 0 bridgehead atoms. The molecule has 9 heteroatoms. The Labute approximate surface area is 151 Å². The van der Waals surface area contributed by atoms with Crippen molar-refractivity contribution in [1.29, 1.82) is 0 Å². The molecular formula is C18H14F3N5O. The average Bonchev–Trinajstić information content (AvgIpc) is 3.20. The highest BCUT2D eigenvalue weighted by atomic mass is 19.3. The Morgan fingerprint density at radius 2 is 2.00 bits per heavy atom. The molecule has 138 valence electrons. The molecule has 0 aliphatic rings. The number of halogens is 3. The number of aromatic nitrogens is 5. The summed E-state index contributed by atoms with van der Waals surface area (Å²) in [5, 5.41) is 4.03. The predicted molar refractivity (Wildman–Crippen MR) is 92.2 cm³/mol. The second kappa shape index (κ2) is 6.75. The number of nitrogens with zero attached hydrogens (tertiary/aromatic N) is 5. The topological polar surface area (TPSA) is 57.8 Å². The standard InChI is InChI=1S/C18H14F3N5O/c1-25-17-13(5-3-8-22-17)23-18(25)27-14-6-2-4-11(19)16(14)12-7-9-26(24-12)10-15(20)21/h2-9,15H,10H2,1H3. The number of aryl methyl sites for hydroxylation is 1. The van der Waals surface area contributed by atoms with Gasteiger partial charge in [0.15, 0.2) is 5.65 Å². The van der Waals surface area contributed by atoms with Gasteiger partial charge in [-0.1, -0.05) is 6.07 Å². The summed E-state index contributed by atoms with van der Waals surface area (Å²) in [5.41, 5.74) is 1.52. The fraction of sp³-hybridized carbons (Fsp3) is 0.167.